The average molecular weight is 708 g/mol. The first-order valence-corrected chi connectivity index (χ1v) is 20.7. The van der Waals surface area contributed by atoms with Crippen LogP contribution in [0.4, 0.5) is 0 Å². The molecule has 2 aliphatic rings. The normalized spacial score (nSPS) is 17.1. The second-order valence-electron chi connectivity index (χ2n) is 14.9. The van der Waals surface area contributed by atoms with Crippen molar-refractivity contribution in [3.8, 4) is 16.8 Å². The van der Waals surface area contributed by atoms with Gasteiger partial charge in [-0.3, -0.25) is 0 Å². The van der Waals surface area contributed by atoms with Crippen molar-refractivity contribution in [1.82, 2.24) is 4.57 Å². The molecule has 0 fully saturated rings. The molecule has 254 valence electrons. The van der Waals surface area contributed by atoms with Crippen molar-refractivity contribution in [1.29, 1.82) is 0 Å². The van der Waals surface area contributed by atoms with Gasteiger partial charge >= 0.3 is 315 Å². The van der Waals surface area contributed by atoms with E-state index in [0.717, 1.165) is 38.2 Å². The second kappa shape index (κ2) is 10.9. The van der Waals surface area contributed by atoms with Gasteiger partial charge in [-0.1, -0.05) is 0 Å². The third-order valence-electron chi connectivity index (χ3n) is 12.5. The number of aromatic nitrogens is 1. The molecule has 0 saturated carbocycles. The van der Waals surface area contributed by atoms with Gasteiger partial charge < -0.3 is 0 Å². The van der Waals surface area contributed by atoms with E-state index < -0.39 is 12.9 Å². The molecule has 0 aliphatic carbocycles. The Balaban J connectivity index is 1.26. The molecule has 0 amide bonds. The van der Waals surface area contributed by atoms with Crippen molar-refractivity contribution in [3.05, 3.63) is 216 Å². The van der Waals surface area contributed by atoms with Crippen LogP contribution in [0, 0.1) is 0 Å². The van der Waals surface area contributed by atoms with Gasteiger partial charge in [-0.2, -0.15) is 0 Å². The summed E-state index contributed by atoms with van der Waals surface area (Å²) >= 11 is 0. The molecule has 12 rings (SSSR count). The second-order valence-corrected chi connectivity index (χ2v) is 18.0. The third kappa shape index (κ3) is 3.72. The maximum absolute atomic E-state index is 13.7. The van der Waals surface area contributed by atoms with Gasteiger partial charge in [-0.05, 0) is 0 Å². The zero-order valence-corrected chi connectivity index (χ0v) is 30.4. The molecule has 2 nitrogen and oxygen atoms in total. The van der Waals surface area contributed by atoms with Gasteiger partial charge in [0.1, 0.15) is 0 Å². The number of fused-ring (bicyclic) bond motifs is 14. The third-order valence-corrected chi connectivity index (χ3v) is 16.1. The van der Waals surface area contributed by atoms with Crippen LogP contribution in [-0.2, 0) is 5.41 Å². The number of nitrogens with zero attached hydrogens (tertiary/aromatic N) is 1. The van der Waals surface area contributed by atoms with Crippen LogP contribution in [0.25, 0.3) is 60.2 Å². The minimum atomic E-state index is -3.50. The molecule has 1 unspecified atom stereocenters. The monoisotopic (exact) mass is 707 g/mol. The molecular formula is C51H34NOP. The van der Waals surface area contributed by atoms with Crippen LogP contribution in [-0.4, -0.2) is 9.46 Å². The number of para-hydroxylation sites is 3. The first-order chi connectivity index (χ1) is 26.7. The van der Waals surface area contributed by atoms with Crippen LogP contribution in [0.3, 0.4) is 0 Å². The molecule has 3 heteroatoms. The van der Waals surface area contributed by atoms with E-state index in [9.17, 15) is 4.89 Å². The van der Waals surface area contributed by atoms with E-state index in [0.29, 0.717) is 0 Å². The van der Waals surface area contributed by atoms with E-state index in [1.54, 1.807) is 0 Å². The van der Waals surface area contributed by atoms with Crippen molar-refractivity contribution < 1.29 is 4.89 Å². The summed E-state index contributed by atoms with van der Waals surface area (Å²) < 4.78 is 2.48. The van der Waals surface area contributed by atoms with Crippen molar-refractivity contribution in [2.45, 2.75) is 5.41 Å². The van der Waals surface area contributed by atoms with E-state index in [2.05, 4.69) is 193 Å². The Hall–Kier alpha value is -6.31. The Morgan fingerprint density at radius 1 is 0.407 bits per heavy atom. The molecule has 0 saturated heterocycles. The van der Waals surface area contributed by atoms with Gasteiger partial charge in [0, 0.05) is 0 Å². The topological polar surface area (TPSA) is 25.2 Å². The van der Waals surface area contributed by atoms with Crippen LogP contribution in [0.5, 0.6) is 0 Å². The fraction of sp³-hybridized carbons (Fsp3) is 0.0196. The Labute approximate surface area is 313 Å². The van der Waals surface area contributed by atoms with E-state index in [1.165, 1.54) is 60.2 Å². The Kier molecular flexibility index (Phi) is 6.08. The molecule has 1 aromatic heterocycles. The summed E-state index contributed by atoms with van der Waals surface area (Å²) in [6.07, 6.45) is 0. The molecule has 3 heterocycles. The SMILES string of the molecule is O[PH]1(c2ccccc2)c2ccccc2C2(c3ccccc3-n3c4ccccc4c4cccc2c43)c2cc(-c3ccc4ccc5ccccc5c4c3)ccc21. The molecular weight excluding hydrogens is 674 g/mol. The number of hydrogen-bond donors (Lipinski definition) is 1. The van der Waals surface area contributed by atoms with Gasteiger partial charge in [-0.25, -0.2) is 0 Å². The first kappa shape index (κ1) is 30.2. The quantitative estimate of drug-likeness (QED) is 0.140. The summed E-state index contributed by atoms with van der Waals surface area (Å²) in [5.74, 6) is 0. The maximum atomic E-state index is 13.7. The van der Waals surface area contributed by atoms with Crippen molar-refractivity contribution in [2.75, 3.05) is 0 Å². The van der Waals surface area contributed by atoms with Gasteiger partial charge in [0.25, 0.3) is 0 Å². The predicted octanol–water partition coefficient (Wildman–Crippen LogP) is 10.7. The van der Waals surface area contributed by atoms with E-state index in [1.807, 2.05) is 6.07 Å². The summed E-state index contributed by atoms with van der Waals surface area (Å²) in [7, 11) is -3.50. The molecule has 2 aliphatic heterocycles. The molecule has 9 aromatic carbocycles. The van der Waals surface area contributed by atoms with Crippen LogP contribution in [0.2, 0.25) is 0 Å². The van der Waals surface area contributed by atoms with Gasteiger partial charge in [0.2, 0.25) is 0 Å². The van der Waals surface area contributed by atoms with Crippen LogP contribution in [0.1, 0.15) is 22.3 Å². The van der Waals surface area contributed by atoms with Gasteiger partial charge in [0.05, 0.1) is 0 Å². The Morgan fingerprint density at radius 3 is 1.91 bits per heavy atom. The molecule has 54 heavy (non-hydrogen) atoms. The average Bonchev–Trinajstić information content (AvgIpc) is 3.59. The number of rotatable bonds is 2. The molecule has 1 N–H and O–H groups in total. The molecule has 1 atom stereocenters. The first-order valence-electron chi connectivity index (χ1n) is 18.7. The fourth-order valence-electron chi connectivity index (χ4n) is 10.2. The molecule has 1 spiro atoms. The van der Waals surface area contributed by atoms with E-state index in [4.69, 9.17) is 0 Å². The Bertz CT molecular complexity index is 3200. The summed E-state index contributed by atoms with van der Waals surface area (Å²) in [6, 6.07) is 70.7. The van der Waals surface area contributed by atoms with Crippen molar-refractivity contribution >= 4 is 66.8 Å². The van der Waals surface area contributed by atoms with Crippen LogP contribution in [0.15, 0.2) is 194 Å². The van der Waals surface area contributed by atoms with Gasteiger partial charge in [-0.15, -0.1) is 0 Å². The van der Waals surface area contributed by atoms with Crippen molar-refractivity contribution in [2.24, 2.45) is 0 Å². The standard InChI is InChI=1S/C51H34NOP/c53-54(37-14-2-1-3-15-37)48-24-11-8-20-43(48)51(42-19-7-10-23-47(42)52-46-22-9-6-17-39(46)40-18-12-21-44(51)50(40)52)45-32-36(29-30-49(45)54)35-28-27-34-26-25-33-13-4-5-16-38(33)41(34)31-35/h1-32,53-54H. The molecule has 10 aromatic rings. The summed E-state index contributed by atoms with van der Waals surface area (Å²) in [5.41, 5.74) is 10.0. The summed E-state index contributed by atoms with van der Waals surface area (Å²) in [6.45, 7) is 0. The predicted molar refractivity (Wildman–Crippen MR) is 229 cm³/mol. The van der Waals surface area contributed by atoms with Crippen LogP contribution < -0.4 is 15.9 Å². The number of benzene rings is 9. The minimum absolute atomic E-state index is 0.694. The van der Waals surface area contributed by atoms with Gasteiger partial charge in [0.15, 0.2) is 0 Å². The fourth-order valence-corrected chi connectivity index (χ4v) is 13.8. The Morgan fingerprint density at radius 2 is 1.02 bits per heavy atom. The molecule has 0 radical (unpaired) electrons. The summed E-state index contributed by atoms with van der Waals surface area (Å²) in [4.78, 5) is 13.7. The van der Waals surface area contributed by atoms with Crippen LogP contribution >= 0.6 is 7.49 Å². The van der Waals surface area contributed by atoms with Crippen molar-refractivity contribution in [3.63, 3.8) is 0 Å². The number of hydrogen-bond acceptors (Lipinski definition) is 1. The zero-order valence-electron chi connectivity index (χ0n) is 29.4. The molecule has 0 bridgehead atoms. The zero-order chi connectivity index (χ0) is 35.6. The summed E-state index contributed by atoms with van der Waals surface area (Å²) in [5, 5.41) is 10.5. The van der Waals surface area contributed by atoms with E-state index >= 15 is 0 Å². The van der Waals surface area contributed by atoms with E-state index in [-0.39, 0.29) is 0 Å².